The molecule has 0 amide bonds. The Hall–Kier alpha value is -9.99. The van der Waals surface area contributed by atoms with Gasteiger partial charge in [-0.05, 0) is 219 Å². The van der Waals surface area contributed by atoms with Crippen molar-refractivity contribution in [3.05, 3.63) is 251 Å². The third kappa shape index (κ3) is 24.1. The molecule has 18 rings (SSSR count). The number of fused-ring (bicyclic) bond motifs is 3. The summed E-state index contributed by atoms with van der Waals surface area (Å²) in [4.78, 5) is 13.7. The van der Waals surface area contributed by atoms with Crippen molar-refractivity contribution in [3.8, 4) is 34.5 Å². The Balaban J connectivity index is 0.000000139. The number of rotatable bonds is 33. The fourth-order valence-corrected chi connectivity index (χ4v) is 19.0. The SMILES string of the molecule is COCCCN1CCOc2ccc(CO[C@H]3CNCC[C@@H]3c3ccc(O[C@H]4CCN(c5ccc(F)cc5)C4)cc3)cc21.COCCCN1CCOc2ccc(CO[C@H]3CNCC[C@@H]3c3ccc(O[C@H]4CCN(c5cccc(F)c5)C4)cc3)cc21.COCCCN1CCOc2ccc(CO[C@H]3CNCC[C@@H]3c3ccc(O[C@H]4CCN(c5ccccc5F)C4)cc3)cc21. The lowest BCUT2D eigenvalue weighted by Crippen LogP contribution is -2.41. The molecule has 9 atom stereocenters. The number of halogens is 3. The number of ether oxygens (including phenoxy) is 12. The highest BCUT2D eigenvalue weighted by Gasteiger charge is 2.35. The second kappa shape index (κ2) is 45.1. The van der Waals surface area contributed by atoms with Gasteiger partial charge in [0.15, 0.2) is 0 Å². The van der Waals surface area contributed by atoms with E-state index >= 15 is 0 Å². The minimum Gasteiger partial charge on any atom is -0.490 e. The van der Waals surface area contributed by atoms with Crippen molar-refractivity contribution in [3.63, 3.8) is 0 Å². The number of nitrogens with zero attached hydrogens (tertiary/aromatic N) is 6. The van der Waals surface area contributed by atoms with Crippen molar-refractivity contribution >= 4 is 34.1 Å². The molecule has 24 heteroatoms. The molecule has 126 heavy (non-hydrogen) atoms. The lowest BCUT2D eigenvalue weighted by atomic mass is 9.87. The molecule has 672 valence electrons. The van der Waals surface area contributed by atoms with Gasteiger partial charge in [0.1, 0.15) is 90.1 Å². The zero-order valence-electron chi connectivity index (χ0n) is 73.4. The first-order valence-corrected chi connectivity index (χ1v) is 45.8. The van der Waals surface area contributed by atoms with E-state index in [0.29, 0.717) is 69.6 Å². The Morgan fingerprint density at radius 3 is 1.12 bits per heavy atom. The van der Waals surface area contributed by atoms with Crippen LogP contribution < -0.4 is 73.8 Å². The summed E-state index contributed by atoms with van der Waals surface area (Å²) in [6.07, 6.45) is 9.32. The van der Waals surface area contributed by atoms with Gasteiger partial charge in [0.05, 0.1) is 100 Å². The summed E-state index contributed by atoms with van der Waals surface area (Å²) in [5.74, 6) is 5.84. The highest BCUT2D eigenvalue weighted by atomic mass is 19.1. The van der Waals surface area contributed by atoms with E-state index in [1.54, 1.807) is 39.5 Å². The van der Waals surface area contributed by atoms with Gasteiger partial charge in [-0.2, -0.15) is 0 Å². The molecular weight excluding hydrogens is 1600 g/mol. The molecule has 6 saturated heterocycles. The Morgan fingerprint density at radius 1 is 0.349 bits per heavy atom. The summed E-state index contributed by atoms with van der Waals surface area (Å²) < 4.78 is 113. The number of anilines is 6. The molecule has 9 aromatic rings. The van der Waals surface area contributed by atoms with Crippen molar-refractivity contribution in [2.75, 3.05) is 208 Å². The van der Waals surface area contributed by atoms with Gasteiger partial charge < -0.3 is 102 Å². The van der Waals surface area contributed by atoms with Crippen LogP contribution in [0.25, 0.3) is 0 Å². The number of piperidine rings is 3. The Bertz CT molecular complexity index is 4850. The van der Waals surface area contributed by atoms with Gasteiger partial charge >= 0.3 is 0 Å². The lowest BCUT2D eigenvalue weighted by molar-refractivity contribution is 0.0105. The number of hydrogen-bond acceptors (Lipinski definition) is 21. The van der Waals surface area contributed by atoms with E-state index in [4.69, 9.17) is 56.8 Å². The largest absolute Gasteiger partial charge is 0.490 e. The fourth-order valence-electron chi connectivity index (χ4n) is 19.0. The molecule has 9 heterocycles. The first-order valence-electron chi connectivity index (χ1n) is 45.8. The predicted octanol–water partition coefficient (Wildman–Crippen LogP) is 16.1. The minimum absolute atomic E-state index is 0.0448. The summed E-state index contributed by atoms with van der Waals surface area (Å²) >= 11 is 0. The summed E-state index contributed by atoms with van der Waals surface area (Å²) in [5, 5.41) is 10.6. The average Bonchev–Trinajstić information content (AvgIpc) is 1.13. The van der Waals surface area contributed by atoms with E-state index in [9.17, 15) is 13.2 Å². The molecule has 3 N–H and O–H groups in total. The molecule has 0 unspecified atom stereocenters. The highest BCUT2D eigenvalue weighted by Crippen LogP contribution is 2.41. The first kappa shape index (κ1) is 89.4. The van der Waals surface area contributed by atoms with Crippen LogP contribution in [0.2, 0.25) is 0 Å². The van der Waals surface area contributed by atoms with E-state index in [2.05, 4.69) is 173 Å². The molecule has 0 spiro atoms. The van der Waals surface area contributed by atoms with Gasteiger partial charge in [-0.15, -0.1) is 0 Å². The third-order valence-electron chi connectivity index (χ3n) is 25.8. The number of hydrogen-bond donors (Lipinski definition) is 3. The molecule has 0 aliphatic carbocycles. The van der Waals surface area contributed by atoms with Crippen LogP contribution in [0.5, 0.6) is 34.5 Å². The van der Waals surface area contributed by atoms with Crippen LogP contribution in [0.1, 0.15) is 109 Å². The van der Waals surface area contributed by atoms with Crippen LogP contribution in [0.15, 0.2) is 200 Å². The zero-order valence-corrected chi connectivity index (χ0v) is 73.4. The zero-order chi connectivity index (χ0) is 86.2. The van der Waals surface area contributed by atoms with Crippen molar-refractivity contribution in [1.82, 2.24) is 16.0 Å². The molecule has 6 fully saturated rings. The van der Waals surface area contributed by atoms with Crippen molar-refractivity contribution in [2.24, 2.45) is 0 Å². The van der Waals surface area contributed by atoms with E-state index in [1.807, 2.05) is 30.3 Å². The minimum atomic E-state index is -0.207. The maximum atomic E-state index is 14.2. The standard InChI is InChI=1S/3C34H42FN3O4/c1-39-19-2-16-37-18-20-40-33-12-3-25(21-32(33)37)24-41-34-22-36-15-13-31(34)26-4-10-29(11-5-26)42-30-14-17-38(23-30)28-8-6-27(35)7-9-28;1-39-18-3-15-37-17-19-40-33-11-6-25(20-32(33)37)24-41-34-22-36-14-12-31(34)26-7-9-29(10-8-26)42-30-13-16-38(23-30)28-5-2-4-27(35)21-28;1-39-19-4-16-37-18-20-40-33-12-7-25(21-32(33)37)24-41-34-22-36-15-13-29(34)26-8-10-27(11-9-26)42-28-14-17-38(23-28)31-6-3-2-5-30(31)35/h3-12,21,30-31,34,36H,2,13-20,22-24H2,1H3;2,4-11,20-21,30-31,34,36H,3,12-19,22-24H2,1H3;2-3,5-12,21,28-29,34,36H,4,13-20,22-24H2,1H3/t2*30-,31+,34-;28-,29+,34-/m000/s1. The van der Waals surface area contributed by atoms with E-state index in [0.717, 1.165) is 268 Å². The predicted molar refractivity (Wildman–Crippen MR) is 491 cm³/mol. The van der Waals surface area contributed by atoms with Crippen LogP contribution in [0, 0.1) is 17.5 Å². The van der Waals surface area contributed by atoms with Gasteiger partial charge in [0.2, 0.25) is 0 Å². The average molecular weight is 1730 g/mol. The van der Waals surface area contributed by atoms with Crippen LogP contribution in [0.3, 0.4) is 0 Å². The van der Waals surface area contributed by atoms with Crippen LogP contribution >= 0.6 is 0 Å². The summed E-state index contributed by atoms with van der Waals surface area (Å²) in [6, 6.07) is 65.3. The van der Waals surface area contributed by atoms with Crippen LogP contribution in [-0.4, -0.2) is 215 Å². The number of methoxy groups -OCH3 is 3. The van der Waals surface area contributed by atoms with E-state index < -0.39 is 0 Å². The van der Waals surface area contributed by atoms with Gasteiger partial charge in [0.25, 0.3) is 0 Å². The Kier molecular flexibility index (Phi) is 32.0. The molecular formula is C102H126F3N9O12. The summed E-state index contributed by atoms with van der Waals surface area (Å²) in [7, 11) is 5.25. The van der Waals surface area contributed by atoms with E-state index in [-0.39, 0.29) is 54.1 Å². The Labute approximate surface area is 741 Å². The molecule has 9 aliphatic rings. The molecule has 0 bridgehead atoms. The monoisotopic (exact) mass is 1730 g/mol. The molecule has 9 aliphatic heterocycles. The third-order valence-corrected chi connectivity index (χ3v) is 25.8. The quantitative estimate of drug-likeness (QED) is 0.0332. The van der Waals surface area contributed by atoms with Crippen molar-refractivity contribution in [2.45, 2.75) is 132 Å². The molecule has 0 saturated carbocycles. The normalized spacial score (nSPS) is 22.1. The molecule has 21 nitrogen and oxygen atoms in total. The van der Waals surface area contributed by atoms with Gasteiger partial charge in [0, 0.05) is 148 Å². The first-order chi connectivity index (χ1) is 62.0. The fraction of sp³-hybridized carbons (Fsp3) is 0.471. The van der Waals surface area contributed by atoms with Crippen LogP contribution in [-0.2, 0) is 48.2 Å². The molecule has 0 radical (unpaired) electrons. The topological polar surface area (TPSA) is 166 Å². The summed E-state index contributed by atoms with van der Waals surface area (Å²) in [6.45, 7) is 21.9. The van der Waals surface area contributed by atoms with Gasteiger partial charge in [-0.1, -0.05) is 72.8 Å². The smallest absolute Gasteiger partial charge is 0.146 e. The van der Waals surface area contributed by atoms with E-state index in [1.165, 1.54) is 41.0 Å². The maximum Gasteiger partial charge on any atom is 0.146 e. The second-order valence-corrected chi connectivity index (χ2v) is 34.3. The second-order valence-electron chi connectivity index (χ2n) is 34.3. The van der Waals surface area contributed by atoms with Crippen molar-refractivity contribution < 1.29 is 70.0 Å². The van der Waals surface area contributed by atoms with Crippen LogP contribution in [0.4, 0.5) is 47.3 Å². The lowest BCUT2D eigenvalue weighted by Gasteiger charge is -2.33. The number of benzene rings is 9. The van der Waals surface area contributed by atoms with Gasteiger partial charge in [-0.25, -0.2) is 13.2 Å². The van der Waals surface area contributed by atoms with Crippen molar-refractivity contribution in [1.29, 1.82) is 0 Å². The Morgan fingerprint density at radius 2 is 0.730 bits per heavy atom. The molecule has 0 aromatic heterocycles. The number of para-hydroxylation sites is 1. The number of nitrogens with one attached hydrogen (secondary N) is 3. The maximum absolute atomic E-state index is 14.2. The summed E-state index contributed by atoms with van der Waals surface area (Å²) in [5.41, 5.74) is 13.4. The highest BCUT2D eigenvalue weighted by molar-refractivity contribution is 5.64. The molecule has 9 aromatic carbocycles. The van der Waals surface area contributed by atoms with Gasteiger partial charge in [-0.3, -0.25) is 0 Å².